The third-order valence-corrected chi connectivity index (χ3v) is 4.79. The molecule has 0 bridgehead atoms. The van der Waals surface area contributed by atoms with Gasteiger partial charge in [0.2, 0.25) is 5.91 Å². The number of thioether (sulfide) groups is 1. The number of rotatable bonds is 7. The molecule has 0 fully saturated rings. The van der Waals surface area contributed by atoms with Crippen LogP contribution in [0.25, 0.3) is 0 Å². The van der Waals surface area contributed by atoms with Crippen LogP contribution in [0.1, 0.15) is 42.6 Å². The maximum Gasteiger partial charge on any atom is 0.233 e. The molecule has 4 nitrogen and oxygen atoms in total. The Labute approximate surface area is 151 Å². The lowest BCUT2D eigenvalue weighted by atomic mass is 10.1. The summed E-state index contributed by atoms with van der Waals surface area (Å²) in [4.78, 5) is 25.9. The highest BCUT2D eigenvalue weighted by Gasteiger charge is 2.19. The fourth-order valence-corrected chi connectivity index (χ4v) is 3.16. The third-order valence-electron chi connectivity index (χ3n) is 3.76. The van der Waals surface area contributed by atoms with Gasteiger partial charge in [-0.3, -0.25) is 9.59 Å². The summed E-state index contributed by atoms with van der Waals surface area (Å²) < 4.78 is 19.6. The first-order valence-corrected chi connectivity index (χ1v) is 9.04. The van der Waals surface area contributed by atoms with Gasteiger partial charge in [-0.15, -0.1) is 11.8 Å². The number of furan rings is 1. The number of aryl methyl sites for hydroxylation is 1. The minimum Gasteiger partial charge on any atom is -0.464 e. The van der Waals surface area contributed by atoms with E-state index in [-0.39, 0.29) is 23.5 Å². The Morgan fingerprint density at radius 3 is 2.48 bits per heavy atom. The summed E-state index contributed by atoms with van der Waals surface area (Å²) in [5, 5.41) is 0. The monoisotopic (exact) mass is 363 g/mol. The number of amides is 1. The molecule has 0 spiro atoms. The van der Waals surface area contributed by atoms with Gasteiger partial charge in [-0.25, -0.2) is 4.39 Å². The second-order valence-corrected chi connectivity index (χ2v) is 7.13. The SMILES string of the molecule is CC(=O)c1ccc(SCC(=O)N(Cc2ccc(C)o2)C(C)C)c(F)c1. The molecule has 0 unspecified atom stereocenters. The van der Waals surface area contributed by atoms with Crippen molar-refractivity contribution in [3.05, 3.63) is 53.2 Å². The molecule has 0 atom stereocenters. The van der Waals surface area contributed by atoms with E-state index >= 15 is 0 Å². The van der Waals surface area contributed by atoms with Gasteiger partial charge < -0.3 is 9.32 Å². The van der Waals surface area contributed by atoms with E-state index < -0.39 is 5.82 Å². The van der Waals surface area contributed by atoms with Gasteiger partial charge in [-0.05, 0) is 52.0 Å². The minimum atomic E-state index is -0.483. The van der Waals surface area contributed by atoms with Crippen molar-refractivity contribution in [3.63, 3.8) is 0 Å². The largest absolute Gasteiger partial charge is 0.464 e. The van der Waals surface area contributed by atoms with Crippen molar-refractivity contribution in [2.75, 3.05) is 5.75 Å². The fourth-order valence-electron chi connectivity index (χ4n) is 2.36. The first kappa shape index (κ1) is 19.2. The summed E-state index contributed by atoms with van der Waals surface area (Å²) in [7, 11) is 0. The van der Waals surface area contributed by atoms with Crippen LogP contribution in [0.4, 0.5) is 4.39 Å². The quantitative estimate of drug-likeness (QED) is 0.538. The van der Waals surface area contributed by atoms with Crippen LogP contribution in [0.2, 0.25) is 0 Å². The van der Waals surface area contributed by atoms with Crippen molar-refractivity contribution >= 4 is 23.5 Å². The summed E-state index contributed by atoms with van der Waals surface area (Å²) in [5.74, 6) is 0.877. The number of Topliss-reactive ketones (excluding diaryl/α,β-unsaturated/α-hetero) is 1. The maximum absolute atomic E-state index is 14.1. The molecule has 2 aromatic rings. The van der Waals surface area contributed by atoms with Crippen molar-refractivity contribution in [2.45, 2.75) is 45.2 Å². The molecule has 0 saturated heterocycles. The van der Waals surface area contributed by atoms with Crippen LogP contribution in [-0.2, 0) is 11.3 Å². The van der Waals surface area contributed by atoms with Crippen LogP contribution in [0, 0.1) is 12.7 Å². The van der Waals surface area contributed by atoms with Crippen LogP contribution in [0.5, 0.6) is 0 Å². The van der Waals surface area contributed by atoms with E-state index in [0.29, 0.717) is 17.0 Å². The molecule has 1 heterocycles. The average Bonchev–Trinajstić information content (AvgIpc) is 2.95. The number of nitrogens with zero attached hydrogens (tertiary/aromatic N) is 1. The molecule has 1 aromatic heterocycles. The van der Waals surface area contributed by atoms with E-state index in [1.807, 2.05) is 32.9 Å². The highest BCUT2D eigenvalue weighted by molar-refractivity contribution is 8.00. The molecule has 134 valence electrons. The van der Waals surface area contributed by atoms with E-state index in [2.05, 4.69) is 0 Å². The Morgan fingerprint density at radius 1 is 1.24 bits per heavy atom. The molecule has 0 saturated carbocycles. The van der Waals surface area contributed by atoms with Crippen LogP contribution in [0.15, 0.2) is 39.6 Å². The van der Waals surface area contributed by atoms with Gasteiger partial charge in [0.15, 0.2) is 5.78 Å². The van der Waals surface area contributed by atoms with E-state index in [9.17, 15) is 14.0 Å². The summed E-state index contributed by atoms with van der Waals surface area (Å²) in [6.45, 7) is 7.49. The second-order valence-electron chi connectivity index (χ2n) is 6.12. The molecule has 2 rings (SSSR count). The number of hydrogen-bond donors (Lipinski definition) is 0. The minimum absolute atomic E-state index is 0.00319. The molecule has 0 aliphatic carbocycles. The average molecular weight is 363 g/mol. The fraction of sp³-hybridized carbons (Fsp3) is 0.368. The zero-order valence-electron chi connectivity index (χ0n) is 14.8. The van der Waals surface area contributed by atoms with Gasteiger partial charge in [0.05, 0.1) is 12.3 Å². The number of carbonyl (C=O) groups is 2. The highest BCUT2D eigenvalue weighted by Crippen LogP contribution is 2.24. The first-order chi connectivity index (χ1) is 11.8. The Kier molecular flexibility index (Phi) is 6.42. The number of ketones is 1. The molecule has 6 heteroatoms. The van der Waals surface area contributed by atoms with Crippen LogP contribution in [-0.4, -0.2) is 28.4 Å². The lowest BCUT2D eigenvalue weighted by Crippen LogP contribution is -2.37. The number of carbonyl (C=O) groups excluding carboxylic acids is 2. The van der Waals surface area contributed by atoms with Crippen molar-refractivity contribution < 1.29 is 18.4 Å². The molecule has 25 heavy (non-hydrogen) atoms. The van der Waals surface area contributed by atoms with Crippen LogP contribution in [0.3, 0.4) is 0 Å². The summed E-state index contributed by atoms with van der Waals surface area (Å²) >= 11 is 1.13. The molecule has 0 aliphatic rings. The first-order valence-electron chi connectivity index (χ1n) is 8.06. The molecule has 0 N–H and O–H groups in total. The molecule has 0 radical (unpaired) electrons. The van der Waals surface area contributed by atoms with Gasteiger partial charge in [-0.2, -0.15) is 0 Å². The van der Waals surface area contributed by atoms with Crippen LogP contribution < -0.4 is 0 Å². The predicted molar refractivity (Wildman–Crippen MR) is 96.3 cm³/mol. The molecular weight excluding hydrogens is 341 g/mol. The van der Waals surface area contributed by atoms with Gasteiger partial charge in [0.25, 0.3) is 0 Å². The molecule has 0 aliphatic heterocycles. The Balaban J connectivity index is 2.02. The van der Waals surface area contributed by atoms with Crippen molar-refractivity contribution in [2.24, 2.45) is 0 Å². The standard InChI is InChI=1S/C19H22FNO3S/c1-12(2)21(10-16-7-5-13(3)24-16)19(23)11-25-18-8-6-15(14(4)22)9-17(18)20/h5-9,12H,10-11H2,1-4H3. The smallest absolute Gasteiger partial charge is 0.233 e. The number of hydrogen-bond acceptors (Lipinski definition) is 4. The van der Waals surface area contributed by atoms with Gasteiger partial charge in [-0.1, -0.05) is 6.07 Å². The van der Waals surface area contributed by atoms with E-state index in [0.717, 1.165) is 23.3 Å². The summed E-state index contributed by atoms with van der Waals surface area (Å²) in [6.07, 6.45) is 0. The molecule has 1 amide bonds. The number of halogens is 1. The highest BCUT2D eigenvalue weighted by atomic mass is 32.2. The maximum atomic E-state index is 14.1. The Bertz CT molecular complexity index is 770. The van der Waals surface area contributed by atoms with Gasteiger partial charge in [0.1, 0.15) is 17.3 Å². The lowest BCUT2D eigenvalue weighted by molar-refractivity contribution is -0.130. The Hall–Kier alpha value is -2.08. The van der Waals surface area contributed by atoms with Gasteiger partial charge in [0, 0.05) is 16.5 Å². The summed E-state index contributed by atoms with van der Waals surface area (Å²) in [5.41, 5.74) is 0.324. The lowest BCUT2D eigenvalue weighted by Gasteiger charge is -2.25. The number of benzene rings is 1. The second kappa shape index (κ2) is 8.34. The predicted octanol–water partition coefficient (Wildman–Crippen LogP) is 4.46. The third kappa shape index (κ3) is 5.19. The van der Waals surface area contributed by atoms with Gasteiger partial charge >= 0.3 is 0 Å². The normalized spacial score (nSPS) is 11.0. The van der Waals surface area contributed by atoms with Crippen molar-refractivity contribution in [1.29, 1.82) is 0 Å². The van der Waals surface area contributed by atoms with E-state index in [4.69, 9.17) is 4.42 Å². The zero-order chi connectivity index (χ0) is 18.6. The van der Waals surface area contributed by atoms with Crippen molar-refractivity contribution in [3.8, 4) is 0 Å². The summed E-state index contributed by atoms with van der Waals surface area (Å²) in [6, 6.07) is 8.04. The molecular formula is C19H22FNO3S. The van der Waals surface area contributed by atoms with Crippen LogP contribution >= 0.6 is 11.8 Å². The van der Waals surface area contributed by atoms with E-state index in [1.165, 1.54) is 13.0 Å². The van der Waals surface area contributed by atoms with E-state index in [1.54, 1.807) is 17.0 Å². The topological polar surface area (TPSA) is 50.5 Å². The Morgan fingerprint density at radius 2 is 1.96 bits per heavy atom. The zero-order valence-corrected chi connectivity index (χ0v) is 15.7. The molecule has 1 aromatic carbocycles. The van der Waals surface area contributed by atoms with Crippen molar-refractivity contribution in [1.82, 2.24) is 4.90 Å².